The first-order chi connectivity index (χ1) is 12.9. The van der Waals surface area contributed by atoms with Crippen LogP contribution in [0.4, 0.5) is 14.6 Å². The summed E-state index contributed by atoms with van der Waals surface area (Å²) in [5.74, 6) is -2.26. The second-order valence-electron chi connectivity index (χ2n) is 6.31. The molecular formula is C18H24F2N6O. The van der Waals surface area contributed by atoms with Crippen molar-refractivity contribution in [3.8, 4) is 6.07 Å². The predicted octanol–water partition coefficient (Wildman–Crippen LogP) is 2.96. The fourth-order valence-electron chi connectivity index (χ4n) is 2.88. The average molecular weight is 378 g/mol. The highest BCUT2D eigenvalue weighted by atomic mass is 19.3. The van der Waals surface area contributed by atoms with Crippen molar-refractivity contribution in [1.29, 1.82) is 5.26 Å². The molecule has 1 N–H and O–H groups in total. The van der Waals surface area contributed by atoms with Gasteiger partial charge in [0.25, 0.3) is 5.92 Å². The number of carbonyl (C=O) groups is 1. The van der Waals surface area contributed by atoms with E-state index < -0.39 is 24.4 Å². The Morgan fingerprint density at radius 3 is 2.78 bits per heavy atom. The molecule has 0 unspecified atom stereocenters. The van der Waals surface area contributed by atoms with Gasteiger partial charge in [-0.1, -0.05) is 6.92 Å². The summed E-state index contributed by atoms with van der Waals surface area (Å²) in [6.07, 6.45) is 4.33. The van der Waals surface area contributed by atoms with Crippen LogP contribution in [-0.4, -0.2) is 57.4 Å². The fraction of sp³-hybridized carbons (Fsp3) is 0.556. The number of rotatable bonds is 5. The van der Waals surface area contributed by atoms with Crippen molar-refractivity contribution >= 4 is 22.8 Å². The van der Waals surface area contributed by atoms with Crippen LogP contribution in [0.1, 0.15) is 33.6 Å². The summed E-state index contributed by atoms with van der Waals surface area (Å²) in [5.41, 5.74) is 0.912. The molecule has 1 fully saturated rings. The van der Waals surface area contributed by atoms with Crippen molar-refractivity contribution in [2.75, 3.05) is 24.5 Å². The molecule has 3 rings (SSSR count). The van der Waals surface area contributed by atoms with Crippen LogP contribution in [0.25, 0.3) is 11.0 Å². The molecule has 146 valence electrons. The average Bonchev–Trinajstić information content (AvgIpc) is 3.13. The Morgan fingerprint density at radius 1 is 1.48 bits per heavy atom. The Morgan fingerprint density at radius 2 is 2.22 bits per heavy atom. The number of H-pyrrole nitrogens is 1. The number of halogens is 2. The second kappa shape index (κ2) is 8.75. The molecule has 1 aliphatic rings. The summed E-state index contributed by atoms with van der Waals surface area (Å²) in [7, 11) is 0. The maximum absolute atomic E-state index is 12.5. The number of alkyl halides is 2. The predicted molar refractivity (Wildman–Crippen MR) is 98.4 cm³/mol. The number of anilines is 1. The van der Waals surface area contributed by atoms with E-state index in [0.29, 0.717) is 0 Å². The van der Waals surface area contributed by atoms with Gasteiger partial charge in [-0.3, -0.25) is 4.79 Å². The highest BCUT2D eigenvalue weighted by Crippen LogP contribution is 2.34. The highest BCUT2D eigenvalue weighted by molar-refractivity contribution is 5.87. The van der Waals surface area contributed by atoms with Gasteiger partial charge in [0.1, 0.15) is 24.2 Å². The molecule has 0 bridgehead atoms. The van der Waals surface area contributed by atoms with E-state index in [2.05, 4.69) is 33.7 Å². The number of fused-ring (bicyclic) bond motifs is 1. The molecule has 0 saturated carbocycles. The number of aromatic nitrogens is 3. The number of carbonyl (C=O) groups excluding carboxylic acids is 1. The lowest BCUT2D eigenvalue weighted by Crippen LogP contribution is -2.65. The molecule has 0 radical (unpaired) electrons. The van der Waals surface area contributed by atoms with Gasteiger partial charge in [0.15, 0.2) is 0 Å². The van der Waals surface area contributed by atoms with Gasteiger partial charge in [-0.25, -0.2) is 18.7 Å². The zero-order valence-electron chi connectivity index (χ0n) is 15.7. The lowest BCUT2D eigenvalue weighted by molar-refractivity contribution is -0.189. The van der Waals surface area contributed by atoms with Crippen molar-refractivity contribution in [3.05, 3.63) is 18.6 Å². The van der Waals surface area contributed by atoms with E-state index in [9.17, 15) is 13.6 Å². The third-order valence-electron chi connectivity index (χ3n) is 4.52. The maximum Gasteiger partial charge on any atom is 0.284 e. The molecule has 9 heteroatoms. The Kier molecular flexibility index (Phi) is 6.66. The monoisotopic (exact) mass is 378 g/mol. The van der Waals surface area contributed by atoms with Crippen molar-refractivity contribution in [1.82, 2.24) is 19.9 Å². The SMILES string of the molecule is CCCN(CC)c1ncnc2[nH]ccc12.C[C@@H]1N(C(=O)CC#N)CC1(F)F. The van der Waals surface area contributed by atoms with E-state index in [1.54, 1.807) is 12.4 Å². The number of amides is 1. The van der Waals surface area contributed by atoms with Gasteiger partial charge in [0.2, 0.25) is 5.91 Å². The van der Waals surface area contributed by atoms with Crippen molar-refractivity contribution in [3.63, 3.8) is 0 Å². The highest BCUT2D eigenvalue weighted by Gasteiger charge is 2.53. The summed E-state index contributed by atoms with van der Waals surface area (Å²) < 4.78 is 25.0. The fourth-order valence-corrected chi connectivity index (χ4v) is 2.88. The smallest absolute Gasteiger partial charge is 0.284 e. The number of nitriles is 1. The summed E-state index contributed by atoms with van der Waals surface area (Å²) in [5, 5.41) is 9.24. The zero-order chi connectivity index (χ0) is 20.0. The Balaban J connectivity index is 0.000000199. The van der Waals surface area contributed by atoms with Crippen molar-refractivity contribution < 1.29 is 13.6 Å². The number of nitrogens with one attached hydrogen (secondary N) is 1. The Bertz CT molecular complexity index is 816. The molecule has 2 aromatic heterocycles. The molecule has 0 aliphatic carbocycles. The largest absolute Gasteiger partial charge is 0.356 e. The first kappa shape index (κ1) is 20.6. The Labute approximate surface area is 157 Å². The van der Waals surface area contributed by atoms with Crippen LogP contribution < -0.4 is 4.90 Å². The van der Waals surface area contributed by atoms with Crippen LogP contribution in [0.15, 0.2) is 18.6 Å². The standard InChI is InChI=1S/C11H16N4.C7H8F2N2O/c1-3-7-15(4-2)11-9-5-6-12-10(9)13-8-14-11;1-5-7(8,9)4-11(5)6(12)2-3-10/h5-6,8H,3-4,7H2,1-2H3,(H,12,13,14);5H,2,4H2,1H3/t;5-/m.0/s1. The van der Waals surface area contributed by atoms with E-state index in [1.807, 2.05) is 12.3 Å². The molecule has 1 atom stereocenters. The summed E-state index contributed by atoms with van der Waals surface area (Å²) in [6.45, 7) is 7.07. The molecule has 3 heterocycles. The molecule has 2 aromatic rings. The van der Waals surface area contributed by atoms with Gasteiger partial charge in [-0.2, -0.15) is 5.26 Å². The number of hydrogen-bond acceptors (Lipinski definition) is 5. The third kappa shape index (κ3) is 4.51. The minimum Gasteiger partial charge on any atom is -0.356 e. The van der Waals surface area contributed by atoms with Gasteiger partial charge >= 0.3 is 0 Å². The van der Waals surface area contributed by atoms with E-state index in [4.69, 9.17) is 5.26 Å². The van der Waals surface area contributed by atoms with Crippen LogP contribution in [0.2, 0.25) is 0 Å². The first-order valence-corrected chi connectivity index (χ1v) is 8.92. The van der Waals surface area contributed by atoms with Crippen LogP contribution in [-0.2, 0) is 4.79 Å². The molecule has 27 heavy (non-hydrogen) atoms. The quantitative estimate of drug-likeness (QED) is 0.864. The van der Waals surface area contributed by atoms with Crippen LogP contribution >= 0.6 is 0 Å². The Hall–Kier alpha value is -2.76. The normalized spacial score (nSPS) is 17.5. The summed E-state index contributed by atoms with van der Waals surface area (Å²) >= 11 is 0. The first-order valence-electron chi connectivity index (χ1n) is 8.92. The van der Waals surface area contributed by atoms with E-state index in [0.717, 1.165) is 41.3 Å². The molecule has 0 aromatic carbocycles. The topological polar surface area (TPSA) is 88.9 Å². The molecular weight excluding hydrogens is 354 g/mol. The van der Waals surface area contributed by atoms with Gasteiger partial charge in [0, 0.05) is 19.3 Å². The third-order valence-corrected chi connectivity index (χ3v) is 4.52. The summed E-state index contributed by atoms with van der Waals surface area (Å²) in [6, 6.07) is 2.60. The number of hydrogen-bond donors (Lipinski definition) is 1. The molecule has 1 amide bonds. The second-order valence-corrected chi connectivity index (χ2v) is 6.31. The molecule has 7 nitrogen and oxygen atoms in total. The van der Waals surface area contributed by atoms with Crippen LogP contribution in [0.5, 0.6) is 0 Å². The lowest BCUT2D eigenvalue weighted by atomic mass is 10.00. The molecule has 1 aliphatic heterocycles. The lowest BCUT2D eigenvalue weighted by Gasteiger charge is -2.45. The number of nitrogens with zero attached hydrogens (tertiary/aromatic N) is 5. The van der Waals surface area contributed by atoms with Crippen LogP contribution in [0, 0.1) is 11.3 Å². The number of aromatic amines is 1. The minimum absolute atomic E-state index is 0.319. The number of likely N-dealkylation sites (tertiary alicyclic amines) is 1. The van der Waals surface area contributed by atoms with Gasteiger partial charge in [0.05, 0.1) is 24.0 Å². The van der Waals surface area contributed by atoms with Gasteiger partial charge in [-0.15, -0.1) is 0 Å². The van der Waals surface area contributed by atoms with Crippen molar-refractivity contribution in [2.45, 2.75) is 45.6 Å². The minimum atomic E-state index is -2.77. The van der Waals surface area contributed by atoms with Crippen LogP contribution in [0.3, 0.4) is 0 Å². The van der Waals surface area contributed by atoms with E-state index in [1.165, 1.54) is 6.92 Å². The maximum atomic E-state index is 12.5. The van der Waals surface area contributed by atoms with E-state index in [-0.39, 0.29) is 6.42 Å². The summed E-state index contributed by atoms with van der Waals surface area (Å²) in [4.78, 5) is 25.8. The van der Waals surface area contributed by atoms with Gasteiger partial charge in [-0.05, 0) is 26.3 Å². The molecule has 0 spiro atoms. The van der Waals surface area contributed by atoms with Crippen molar-refractivity contribution in [2.24, 2.45) is 0 Å². The zero-order valence-corrected chi connectivity index (χ0v) is 15.7. The van der Waals surface area contributed by atoms with E-state index >= 15 is 0 Å². The molecule has 1 saturated heterocycles. The van der Waals surface area contributed by atoms with Gasteiger partial charge < -0.3 is 14.8 Å².